The van der Waals surface area contributed by atoms with Crippen LogP contribution in [0.2, 0.25) is 0 Å². The molecule has 1 amide bonds. The molecule has 2 aromatic carbocycles. The average molecular weight is 322 g/mol. The van der Waals surface area contributed by atoms with E-state index >= 15 is 0 Å². The average Bonchev–Trinajstić information content (AvgIpc) is 3.29. The van der Waals surface area contributed by atoms with Crippen molar-refractivity contribution in [1.82, 2.24) is 9.88 Å². The Morgan fingerprint density at radius 1 is 1.13 bits per heavy atom. The van der Waals surface area contributed by atoms with Crippen LogP contribution in [0.5, 0.6) is 0 Å². The fourth-order valence-electron chi connectivity index (χ4n) is 3.14. The molecule has 1 saturated carbocycles. The van der Waals surface area contributed by atoms with Gasteiger partial charge in [-0.3, -0.25) is 4.79 Å². The lowest BCUT2D eigenvalue weighted by Crippen LogP contribution is -2.36. The number of thiazole rings is 1. The molecule has 0 aliphatic heterocycles. The van der Waals surface area contributed by atoms with E-state index in [1.54, 1.807) is 11.3 Å². The molecule has 0 spiro atoms. The predicted molar refractivity (Wildman–Crippen MR) is 93.4 cm³/mol. The van der Waals surface area contributed by atoms with Crippen LogP contribution in [0.4, 0.5) is 0 Å². The number of carbonyl (C=O) groups is 1. The first-order valence-electron chi connectivity index (χ1n) is 7.85. The van der Waals surface area contributed by atoms with Gasteiger partial charge in [0.15, 0.2) is 0 Å². The topological polar surface area (TPSA) is 33.2 Å². The van der Waals surface area contributed by atoms with Crippen LogP contribution in [0.3, 0.4) is 0 Å². The van der Waals surface area contributed by atoms with Gasteiger partial charge in [0.05, 0.1) is 22.2 Å². The molecule has 4 heteroatoms. The van der Waals surface area contributed by atoms with E-state index in [1.165, 1.54) is 4.70 Å². The van der Waals surface area contributed by atoms with Crippen molar-refractivity contribution in [2.24, 2.45) is 0 Å². The third-order valence-corrected chi connectivity index (χ3v) is 5.56. The molecular weight excluding hydrogens is 304 g/mol. The highest BCUT2D eigenvalue weighted by Crippen LogP contribution is 2.49. The lowest BCUT2D eigenvalue weighted by molar-refractivity contribution is -0.133. The van der Waals surface area contributed by atoms with Crippen molar-refractivity contribution in [2.75, 3.05) is 7.05 Å². The van der Waals surface area contributed by atoms with Crippen LogP contribution in [0.25, 0.3) is 10.2 Å². The van der Waals surface area contributed by atoms with Gasteiger partial charge >= 0.3 is 0 Å². The summed E-state index contributed by atoms with van der Waals surface area (Å²) < 4.78 is 1.17. The third kappa shape index (κ3) is 2.53. The summed E-state index contributed by atoms with van der Waals surface area (Å²) in [7, 11) is 1.89. The normalized spacial score (nSPS) is 15.5. The third-order valence-electron chi connectivity index (χ3n) is 4.54. The number of likely N-dealkylation sites (N-methyl/N-ethyl adjacent to an activating group) is 1. The molecule has 0 unspecified atom stereocenters. The quantitative estimate of drug-likeness (QED) is 0.728. The minimum Gasteiger partial charge on any atom is -0.338 e. The van der Waals surface area contributed by atoms with Crippen molar-refractivity contribution >= 4 is 27.5 Å². The van der Waals surface area contributed by atoms with Crippen molar-refractivity contribution < 1.29 is 4.79 Å². The van der Waals surface area contributed by atoms with Crippen molar-refractivity contribution in [2.45, 2.75) is 24.8 Å². The van der Waals surface area contributed by atoms with E-state index in [0.29, 0.717) is 6.54 Å². The molecule has 1 fully saturated rings. The largest absolute Gasteiger partial charge is 0.338 e. The number of benzene rings is 2. The van der Waals surface area contributed by atoms with Crippen LogP contribution in [0.1, 0.15) is 23.4 Å². The van der Waals surface area contributed by atoms with Crippen LogP contribution < -0.4 is 0 Å². The first kappa shape index (κ1) is 14.4. The SMILES string of the molecule is CN(Cc1nc2ccccc2s1)C(=O)C1(c2ccccc2)CC1. The van der Waals surface area contributed by atoms with E-state index in [4.69, 9.17) is 0 Å². The Kier molecular flexibility index (Phi) is 3.42. The van der Waals surface area contributed by atoms with E-state index in [9.17, 15) is 4.79 Å². The van der Waals surface area contributed by atoms with Crippen LogP contribution in [-0.4, -0.2) is 22.8 Å². The van der Waals surface area contributed by atoms with Gasteiger partial charge in [0.25, 0.3) is 0 Å². The summed E-state index contributed by atoms with van der Waals surface area (Å²) in [5.41, 5.74) is 1.85. The number of nitrogens with zero attached hydrogens (tertiary/aromatic N) is 2. The van der Waals surface area contributed by atoms with Crippen molar-refractivity contribution in [3.63, 3.8) is 0 Å². The molecule has 4 rings (SSSR count). The molecule has 1 aliphatic rings. The molecule has 1 aliphatic carbocycles. The fourth-order valence-corrected chi connectivity index (χ4v) is 4.16. The van der Waals surface area contributed by atoms with E-state index in [1.807, 2.05) is 48.3 Å². The monoisotopic (exact) mass is 322 g/mol. The fraction of sp³-hybridized carbons (Fsp3) is 0.263. The Hall–Kier alpha value is -2.20. The van der Waals surface area contributed by atoms with Crippen molar-refractivity contribution in [3.05, 3.63) is 65.2 Å². The van der Waals surface area contributed by atoms with E-state index in [0.717, 1.165) is 28.9 Å². The van der Waals surface area contributed by atoms with Gasteiger partial charge in [-0.15, -0.1) is 11.3 Å². The maximum atomic E-state index is 13.0. The Balaban J connectivity index is 1.55. The standard InChI is InChI=1S/C19H18N2OS/c1-21(13-17-20-15-9-5-6-10-16(15)23-17)18(22)19(11-12-19)14-7-3-2-4-8-14/h2-10H,11-13H2,1H3. The number of amides is 1. The second-order valence-corrected chi connectivity index (χ2v) is 7.30. The van der Waals surface area contributed by atoms with Gasteiger partial charge in [-0.1, -0.05) is 42.5 Å². The zero-order valence-electron chi connectivity index (χ0n) is 13.0. The summed E-state index contributed by atoms with van der Waals surface area (Å²) >= 11 is 1.66. The van der Waals surface area contributed by atoms with Crippen molar-refractivity contribution in [3.8, 4) is 0 Å². The first-order chi connectivity index (χ1) is 11.2. The van der Waals surface area contributed by atoms with Gasteiger partial charge in [-0.25, -0.2) is 4.98 Å². The maximum Gasteiger partial charge on any atom is 0.233 e. The summed E-state index contributed by atoms with van der Waals surface area (Å²) in [6.45, 7) is 0.576. The molecular formula is C19H18N2OS. The highest BCUT2D eigenvalue weighted by atomic mass is 32.1. The smallest absolute Gasteiger partial charge is 0.233 e. The highest BCUT2D eigenvalue weighted by molar-refractivity contribution is 7.18. The number of aromatic nitrogens is 1. The summed E-state index contributed by atoms with van der Waals surface area (Å²) in [5, 5.41) is 0.992. The number of hydrogen-bond acceptors (Lipinski definition) is 3. The molecule has 3 aromatic rings. The number of carbonyl (C=O) groups excluding carboxylic acids is 1. The summed E-state index contributed by atoms with van der Waals surface area (Å²) in [4.78, 5) is 19.4. The molecule has 1 heterocycles. The van der Waals surface area contributed by atoms with Crippen molar-refractivity contribution in [1.29, 1.82) is 0 Å². The summed E-state index contributed by atoms with van der Waals surface area (Å²) in [5.74, 6) is 0.211. The highest BCUT2D eigenvalue weighted by Gasteiger charge is 2.52. The molecule has 1 aromatic heterocycles. The minimum atomic E-state index is -0.299. The lowest BCUT2D eigenvalue weighted by atomic mass is 9.94. The molecule has 116 valence electrons. The van der Waals surface area contributed by atoms with E-state index in [2.05, 4.69) is 23.2 Å². The van der Waals surface area contributed by atoms with E-state index < -0.39 is 0 Å². The number of hydrogen-bond donors (Lipinski definition) is 0. The molecule has 0 radical (unpaired) electrons. The van der Waals surface area contributed by atoms with Gasteiger partial charge in [-0.2, -0.15) is 0 Å². The molecule has 0 atom stereocenters. The Morgan fingerprint density at radius 2 is 1.83 bits per heavy atom. The summed E-state index contributed by atoms with van der Waals surface area (Å²) in [6.07, 6.45) is 1.89. The van der Waals surface area contributed by atoms with Gasteiger partial charge in [0, 0.05) is 7.05 Å². The van der Waals surface area contributed by atoms with Crippen LogP contribution >= 0.6 is 11.3 Å². The van der Waals surface area contributed by atoms with Crippen LogP contribution in [0, 0.1) is 0 Å². The van der Waals surface area contributed by atoms with Gasteiger partial charge in [0.2, 0.25) is 5.91 Å². The zero-order chi connectivity index (χ0) is 15.9. The molecule has 0 N–H and O–H groups in total. The minimum absolute atomic E-state index is 0.211. The Bertz CT molecular complexity index is 819. The Labute approximate surface area is 139 Å². The van der Waals surface area contributed by atoms with Gasteiger partial charge < -0.3 is 4.90 Å². The van der Waals surface area contributed by atoms with E-state index in [-0.39, 0.29) is 11.3 Å². The van der Waals surface area contributed by atoms with Gasteiger partial charge in [-0.05, 0) is 30.5 Å². The number of para-hydroxylation sites is 1. The molecule has 0 saturated heterocycles. The predicted octanol–water partition coefficient (Wildman–Crippen LogP) is 3.99. The van der Waals surface area contributed by atoms with Crippen LogP contribution in [-0.2, 0) is 16.8 Å². The first-order valence-corrected chi connectivity index (χ1v) is 8.66. The van der Waals surface area contributed by atoms with Gasteiger partial charge in [0.1, 0.15) is 5.01 Å². The molecule has 23 heavy (non-hydrogen) atoms. The second-order valence-electron chi connectivity index (χ2n) is 6.18. The lowest BCUT2D eigenvalue weighted by Gasteiger charge is -2.23. The number of fused-ring (bicyclic) bond motifs is 1. The Morgan fingerprint density at radius 3 is 2.52 bits per heavy atom. The molecule has 3 nitrogen and oxygen atoms in total. The summed E-state index contributed by atoms with van der Waals surface area (Å²) in [6, 6.07) is 18.3. The zero-order valence-corrected chi connectivity index (χ0v) is 13.8. The maximum absolute atomic E-state index is 13.0. The van der Waals surface area contributed by atoms with Crippen LogP contribution in [0.15, 0.2) is 54.6 Å². The second kappa shape index (κ2) is 5.46. The number of rotatable bonds is 4. The molecule has 0 bridgehead atoms.